The smallest absolute Gasteiger partial charge is 0.143 e. The van der Waals surface area contributed by atoms with E-state index in [0.29, 0.717) is 28.8 Å². The Morgan fingerprint density at radius 1 is 1.06 bits per heavy atom. The van der Waals surface area contributed by atoms with Gasteiger partial charge < -0.3 is 20.3 Å². The molecular formula is C24H19ClN4O3S. The van der Waals surface area contributed by atoms with Crippen molar-refractivity contribution in [2.45, 2.75) is 12.7 Å². The number of anilines is 2. The molecule has 2 aromatic carbocycles. The Balaban J connectivity index is 1.42. The molecule has 0 aliphatic heterocycles. The summed E-state index contributed by atoms with van der Waals surface area (Å²) < 4.78 is 6.75. The molecule has 7 nitrogen and oxygen atoms in total. The van der Waals surface area contributed by atoms with E-state index >= 15 is 0 Å². The minimum Gasteiger partial charge on any atom is -0.486 e. The molecule has 0 fully saturated rings. The van der Waals surface area contributed by atoms with E-state index in [0.717, 1.165) is 31.7 Å². The summed E-state index contributed by atoms with van der Waals surface area (Å²) in [5.41, 5.74) is 2.24. The molecule has 166 valence electrons. The van der Waals surface area contributed by atoms with Crippen LogP contribution in [0, 0.1) is 0 Å². The zero-order valence-electron chi connectivity index (χ0n) is 17.3. The fraction of sp³-hybridized carbons (Fsp3) is 0.125. The number of aromatic nitrogens is 3. The van der Waals surface area contributed by atoms with Gasteiger partial charge in [-0.1, -0.05) is 29.8 Å². The maximum absolute atomic E-state index is 9.95. The summed E-state index contributed by atoms with van der Waals surface area (Å²) in [5.74, 6) is 1.22. The van der Waals surface area contributed by atoms with Crippen molar-refractivity contribution in [1.29, 1.82) is 0 Å². The number of ether oxygens (including phenoxy) is 1. The summed E-state index contributed by atoms with van der Waals surface area (Å²) >= 11 is 7.96. The van der Waals surface area contributed by atoms with E-state index in [1.165, 1.54) is 17.7 Å². The van der Waals surface area contributed by atoms with E-state index in [2.05, 4.69) is 20.3 Å². The first-order chi connectivity index (χ1) is 16.1. The number of nitrogens with zero attached hydrogens (tertiary/aromatic N) is 3. The molecule has 0 amide bonds. The van der Waals surface area contributed by atoms with Gasteiger partial charge in [-0.15, -0.1) is 11.3 Å². The van der Waals surface area contributed by atoms with E-state index in [9.17, 15) is 10.2 Å². The predicted octanol–water partition coefficient (Wildman–Crippen LogP) is 5.24. The Hall–Kier alpha value is -3.30. The summed E-state index contributed by atoms with van der Waals surface area (Å²) in [6.45, 7) is -0.000923. The van der Waals surface area contributed by atoms with Crippen molar-refractivity contribution < 1.29 is 14.9 Å². The molecule has 0 saturated heterocycles. The minimum atomic E-state index is -0.913. The van der Waals surface area contributed by atoms with E-state index in [4.69, 9.17) is 16.3 Å². The van der Waals surface area contributed by atoms with E-state index in [1.807, 2.05) is 36.4 Å². The molecule has 0 radical (unpaired) electrons. The minimum absolute atomic E-state index is 0.327. The van der Waals surface area contributed by atoms with Crippen LogP contribution < -0.4 is 10.1 Å². The van der Waals surface area contributed by atoms with Crippen molar-refractivity contribution in [3.05, 3.63) is 83.4 Å². The van der Waals surface area contributed by atoms with Crippen molar-refractivity contribution in [2.75, 3.05) is 11.9 Å². The second-order valence-electron chi connectivity index (χ2n) is 7.34. The number of pyridine rings is 1. The number of aliphatic hydroxyl groups is 2. The quantitative estimate of drug-likeness (QED) is 0.294. The molecule has 0 aliphatic rings. The molecule has 3 heterocycles. The molecule has 1 unspecified atom stereocenters. The van der Waals surface area contributed by atoms with Crippen molar-refractivity contribution in [3.63, 3.8) is 0 Å². The second kappa shape index (κ2) is 9.29. The monoisotopic (exact) mass is 478 g/mol. The molecule has 0 spiro atoms. The van der Waals surface area contributed by atoms with Crippen LogP contribution in [0.4, 0.5) is 11.5 Å². The number of benzene rings is 2. The second-order valence-corrected chi connectivity index (χ2v) is 8.78. The topological polar surface area (TPSA) is 100 Å². The number of halogens is 1. The van der Waals surface area contributed by atoms with Gasteiger partial charge in [-0.05, 0) is 42.0 Å². The molecule has 3 N–H and O–H groups in total. The molecule has 3 aromatic heterocycles. The SMILES string of the molecule is OCC(O)c1ccc2c(c1)sc1ncnc(Nc3ccc(OCc4ccccn4)c(Cl)c3)c12. The van der Waals surface area contributed by atoms with Crippen LogP contribution >= 0.6 is 22.9 Å². The highest BCUT2D eigenvalue weighted by Gasteiger charge is 2.15. The number of hydrogen-bond acceptors (Lipinski definition) is 8. The van der Waals surface area contributed by atoms with Gasteiger partial charge in [0.15, 0.2) is 0 Å². The van der Waals surface area contributed by atoms with Crippen LogP contribution in [0.2, 0.25) is 5.02 Å². The zero-order chi connectivity index (χ0) is 22.8. The maximum atomic E-state index is 9.95. The van der Waals surface area contributed by atoms with Gasteiger partial charge in [-0.3, -0.25) is 4.98 Å². The average molecular weight is 479 g/mol. The highest BCUT2D eigenvalue weighted by molar-refractivity contribution is 7.25. The third-order valence-electron chi connectivity index (χ3n) is 5.15. The fourth-order valence-corrected chi connectivity index (χ4v) is 4.83. The fourth-order valence-electron chi connectivity index (χ4n) is 3.50. The largest absolute Gasteiger partial charge is 0.486 e. The Morgan fingerprint density at radius 3 is 2.76 bits per heavy atom. The highest BCUT2D eigenvalue weighted by atomic mass is 35.5. The van der Waals surface area contributed by atoms with Crippen molar-refractivity contribution in [1.82, 2.24) is 15.0 Å². The van der Waals surface area contributed by atoms with Crippen LogP contribution in [0.1, 0.15) is 17.4 Å². The van der Waals surface area contributed by atoms with Crippen molar-refractivity contribution >= 4 is 54.7 Å². The lowest BCUT2D eigenvalue weighted by molar-refractivity contribution is 0.0957. The van der Waals surface area contributed by atoms with Gasteiger partial charge in [0.05, 0.1) is 22.7 Å². The Kier molecular flexibility index (Phi) is 6.06. The van der Waals surface area contributed by atoms with E-state index < -0.39 is 6.10 Å². The lowest BCUT2D eigenvalue weighted by Gasteiger charge is -2.11. The van der Waals surface area contributed by atoms with Gasteiger partial charge in [0.1, 0.15) is 35.4 Å². The first kappa shape index (κ1) is 21.5. The summed E-state index contributed by atoms with van der Waals surface area (Å²) in [5, 5.41) is 24.8. The van der Waals surface area contributed by atoms with E-state index in [1.54, 1.807) is 24.4 Å². The van der Waals surface area contributed by atoms with Gasteiger partial charge in [-0.25, -0.2) is 9.97 Å². The van der Waals surface area contributed by atoms with Crippen LogP contribution in [0.3, 0.4) is 0 Å². The van der Waals surface area contributed by atoms with Crippen LogP contribution in [0.5, 0.6) is 5.75 Å². The standard InChI is InChI=1S/C24H19ClN4O3S/c25-18-10-15(5-7-20(18)32-12-16-3-1-2-8-26-16)29-23-22-17-6-4-14(19(31)11-30)9-21(17)33-24(22)28-13-27-23/h1-10,13,19,30-31H,11-12H2,(H,27,28,29). The number of fused-ring (bicyclic) bond motifs is 3. The number of thiophene rings is 1. The first-order valence-corrected chi connectivity index (χ1v) is 11.4. The molecule has 5 rings (SSSR count). The zero-order valence-corrected chi connectivity index (χ0v) is 18.8. The van der Waals surface area contributed by atoms with Gasteiger partial charge in [0.2, 0.25) is 0 Å². The van der Waals surface area contributed by atoms with Crippen LogP contribution in [-0.4, -0.2) is 31.8 Å². The summed E-state index contributed by atoms with van der Waals surface area (Å²) in [7, 11) is 0. The molecule has 9 heteroatoms. The Morgan fingerprint density at radius 2 is 1.97 bits per heavy atom. The van der Waals surface area contributed by atoms with Gasteiger partial charge in [0, 0.05) is 22.0 Å². The Labute approximate surface area is 198 Å². The van der Waals surface area contributed by atoms with Gasteiger partial charge in [-0.2, -0.15) is 0 Å². The van der Waals surface area contributed by atoms with Gasteiger partial charge >= 0.3 is 0 Å². The number of hydrogen-bond donors (Lipinski definition) is 3. The predicted molar refractivity (Wildman–Crippen MR) is 130 cm³/mol. The van der Waals surface area contributed by atoms with Crippen LogP contribution in [0.25, 0.3) is 20.3 Å². The van der Waals surface area contributed by atoms with Gasteiger partial charge in [0.25, 0.3) is 0 Å². The van der Waals surface area contributed by atoms with Crippen LogP contribution in [0.15, 0.2) is 67.1 Å². The lowest BCUT2D eigenvalue weighted by Crippen LogP contribution is -2.01. The Bertz CT molecular complexity index is 1430. The molecule has 1 atom stereocenters. The highest BCUT2D eigenvalue weighted by Crippen LogP contribution is 2.38. The molecule has 0 aliphatic carbocycles. The molecule has 0 saturated carbocycles. The third kappa shape index (κ3) is 4.46. The molecular weight excluding hydrogens is 460 g/mol. The first-order valence-electron chi connectivity index (χ1n) is 10.2. The number of aliphatic hydroxyl groups excluding tert-OH is 2. The summed E-state index contributed by atoms with van der Waals surface area (Å²) in [6.07, 6.45) is 2.32. The molecule has 0 bridgehead atoms. The lowest BCUT2D eigenvalue weighted by atomic mass is 10.1. The van der Waals surface area contributed by atoms with Crippen molar-refractivity contribution in [3.8, 4) is 5.75 Å². The molecule has 5 aromatic rings. The average Bonchev–Trinajstić information content (AvgIpc) is 3.22. The number of rotatable bonds is 7. The molecule has 33 heavy (non-hydrogen) atoms. The van der Waals surface area contributed by atoms with Crippen LogP contribution in [-0.2, 0) is 6.61 Å². The van der Waals surface area contributed by atoms with Crippen molar-refractivity contribution in [2.24, 2.45) is 0 Å². The normalized spacial score (nSPS) is 12.2. The van der Waals surface area contributed by atoms with E-state index in [-0.39, 0.29) is 6.61 Å². The summed E-state index contributed by atoms with van der Waals surface area (Å²) in [4.78, 5) is 13.9. The maximum Gasteiger partial charge on any atom is 0.143 e. The number of nitrogens with one attached hydrogen (secondary N) is 1. The third-order valence-corrected chi connectivity index (χ3v) is 6.50. The summed E-state index contributed by atoms with van der Waals surface area (Å²) in [6, 6.07) is 16.7.